The molecule has 0 saturated carbocycles. The Hall–Kier alpha value is -1.60. The molecular weight excluding hydrogens is 254 g/mol. The van der Waals surface area contributed by atoms with E-state index in [1.165, 1.54) is 0 Å². The largest absolute Gasteiger partial charge is 0.350 e. The van der Waals surface area contributed by atoms with Crippen molar-refractivity contribution < 1.29 is 0 Å². The van der Waals surface area contributed by atoms with E-state index >= 15 is 0 Å². The predicted molar refractivity (Wildman–Crippen MR) is 73.1 cm³/mol. The smallest absolute Gasteiger partial charge is 0.242 e. The molecule has 2 aromatic rings. The van der Waals surface area contributed by atoms with Crippen LogP contribution in [0.25, 0.3) is 5.69 Å². The van der Waals surface area contributed by atoms with Crippen molar-refractivity contribution in [1.82, 2.24) is 20.2 Å². The Balaban J connectivity index is 2.32. The van der Waals surface area contributed by atoms with E-state index in [-0.39, 0.29) is 0 Å². The number of anilines is 1. The van der Waals surface area contributed by atoms with E-state index in [0.717, 1.165) is 22.8 Å². The van der Waals surface area contributed by atoms with E-state index in [2.05, 4.69) is 20.8 Å². The molecule has 88 valence electrons. The Bertz CT molecular complexity index is 586. The van der Waals surface area contributed by atoms with Crippen molar-refractivity contribution in [2.45, 2.75) is 13.3 Å². The van der Waals surface area contributed by atoms with Gasteiger partial charge in [-0.15, -0.1) is 0 Å². The molecule has 0 aliphatic rings. The lowest BCUT2D eigenvalue weighted by molar-refractivity contribution is 0.786. The van der Waals surface area contributed by atoms with Gasteiger partial charge in [0.05, 0.1) is 10.7 Å². The van der Waals surface area contributed by atoms with Crippen LogP contribution in [0.1, 0.15) is 13.3 Å². The standard InChI is InChI=1S/C10H11N5S2/c1-2-9(16)11-7-4-3-5-8(6-7)15-10(17)12-13-14-15/h3-6H,2H2,1H3,(H,11,16)(H,12,14,17). The van der Waals surface area contributed by atoms with Crippen LogP contribution in [0.2, 0.25) is 0 Å². The van der Waals surface area contributed by atoms with E-state index in [4.69, 9.17) is 24.4 Å². The number of benzene rings is 1. The summed E-state index contributed by atoms with van der Waals surface area (Å²) in [4.78, 5) is 0.800. The number of tetrazole rings is 1. The zero-order valence-corrected chi connectivity index (χ0v) is 10.8. The highest BCUT2D eigenvalue weighted by Crippen LogP contribution is 2.14. The molecule has 2 rings (SSSR count). The first-order valence-electron chi connectivity index (χ1n) is 5.11. The summed E-state index contributed by atoms with van der Waals surface area (Å²) in [5.74, 6) is 0. The molecule has 0 aliphatic carbocycles. The molecule has 17 heavy (non-hydrogen) atoms. The van der Waals surface area contributed by atoms with Gasteiger partial charge in [-0.1, -0.05) is 35.5 Å². The molecule has 7 heteroatoms. The Morgan fingerprint density at radius 2 is 2.35 bits per heavy atom. The molecule has 0 aliphatic heterocycles. The van der Waals surface area contributed by atoms with Crippen molar-refractivity contribution in [3.63, 3.8) is 0 Å². The van der Waals surface area contributed by atoms with Crippen LogP contribution in [0.5, 0.6) is 0 Å². The van der Waals surface area contributed by atoms with Crippen LogP contribution < -0.4 is 5.32 Å². The second-order valence-electron chi connectivity index (χ2n) is 3.37. The minimum absolute atomic E-state index is 0.389. The summed E-state index contributed by atoms with van der Waals surface area (Å²) in [5, 5.41) is 13.2. The lowest BCUT2D eigenvalue weighted by Gasteiger charge is -2.07. The van der Waals surface area contributed by atoms with Crippen molar-refractivity contribution >= 4 is 35.1 Å². The van der Waals surface area contributed by atoms with Gasteiger partial charge < -0.3 is 5.32 Å². The second-order valence-corrected chi connectivity index (χ2v) is 4.23. The maximum absolute atomic E-state index is 5.14. The average Bonchev–Trinajstić information content (AvgIpc) is 2.75. The highest BCUT2D eigenvalue weighted by atomic mass is 32.1. The molecular formula is C10H11N5S2. The van der Waals surface area contributed by atoms with Crippen molar-refractivity contribution in [3.8, 4) is 5.69 Å². The number of nitrogens with one attached hydrogen (secondary N) is 2. The van der Waals surface area contributed by atoms with Gasteiger partial charge in [-0.25, -0.2) is 4.68 Å². The number of nitrogens with zero attached hydrogens (tertiary/aromatic N) is 3. The van der Waals surface area contributed by atoms with Crippen LogP contribution in [-0.2, 0) is 0 Å². The number of aromatic amines is 1. The summed E-state index contributed by atoms with van der Waals surface area (Å²) < 4.78 is 2.01. The molecule has 0 bridgehead atoms. The van der Waals surface area contributed by atoms with E-state index in [0.29, 0.717) is 4.77 Å². The minimum Gasteiger partial charge on any atom is -0.350 e. The monoisotopic (exact) mass is 265 g/mol. The molecule has 2 N–H and O–H groups in total. The van der Waals surface area contributed by atoms with Crippen molar-refractivity contribution in [2.24, 2.45) is 0 Å². The van der Waals surface area contributed by atoms with Gasteiger partial charge >= 0.3 is 0 Å². The summed E-state index contributed by atoms with van der Waals surface area (Å²) in [5.41, 5.74) is 1.79. The molecule has 5 nitrogen and oxygen atoms in total. The highest BCUT2D eigenvalue weighted by molar-refractivity contribution is 7.80. The van der Waals surface area contributed by atoms with Gasteiger partial charge in [0.15, 0.2) is 0 Å². The fourth-order valence-corrected chi connectivity index (χ4v) is 1.64. The third kappa shape index (κ3) is 2.75. The predicted octanol–water partition coefficient (Wildman–Crippen LogP) is 2.47. The van der Waals surface area contributed by atoms with E-state index in [1.54, 1.807) is 4.68 Å². The van der Waals surface area contributed by atoms with Gasteiger partial charge in [-0.05, 0) is 36.8 Å². The zero-order chi connectivity index (χ0) is 12.3. The number of H-pyrrole nitrogens is 1. The molecule has 0 fully saturated rings. The summed E-state index contributed by atoms with van der Waals surface area (Å²) in [6.45, 7) is 2.01. The fourth-order valence-electron chi connectivity index (χ4n) is 1.34. The number of hydrogen-bond acceptors (Lipinski definition) is 4. The molecule has 0 amide bonds. The molecule has 0 radical (unpaired) electrons. The number of rotatable bonds is 3. The van der Waals surface area contributed by atoms with Crippen LogP contribution in [0, 0.1) is 4.77 Å². The summed E-state index contributed by atoms with van der Waals surface area (Å²) in [6, 6.07) is 7.70. The minimum atomic E-state index is 0.389. The lowest BCUT2D eigenvalue weighted by Crippen LogP contribution is -2.07. The van der Waals surface area contributed by atoms with E-state index in [9.17, 15) is 0 Å². The van der Waals surface area contributed by atoms with Gasteiger partial charge in [-0.2, -0.15) is 5.21 Å². The quantitative estimate of drug-likeness (QED) is 0.835. The van der Waals surface area contributed by atoms with E-state index < -0.39 is 0 Å². The molecule has 0 atom stereocenters. The molecule has 0 saturated heterocycles. The average molecular weight is 265 g/mol. The van der Waals surface area contributed by atoms with Crippen LogP contribution in [0.3, 0.4) is 0 Å². The topological polar surface area (TPSA) is 58.5 Å². The number of thiocarbonyl (C=S) groups is 1. The SMILES string of the molecule is CCC(=S)Nc1cccc(-n2[nH]nnc2=S)c1. The van der Waals surface area contributed by atoms with Gasteiger partial charge in [0, 0.05) is 5.69 Å². The molecule has 0 spiro atoms. The van der Waals surface area contributed by atoms with Crippen molar-refractivity contribution in [1.29, 1.82) is 0 Å². The normalized spacial score (nSPS) is 10.2. The fraction of sp³-hybridized carbons (Fsp3) is 0.200. The van der Waals surface area contributed by atoms with Gasteiger partial charge in [0.2, 0.25) is 4.77 Å². The first-order chi connectivity index (χ1) is 8.20. The first-order valence-corrected chi connectivity index (χ1v) is 5.92. The Morgan fingerprint density at radius 1 is 1.53 bits per heavy atom. The van der Waals surface area contributed by atoms with Crippen molar-refractivity contribution in [3.05, 3.63) is 29.0 Å². The third-order valence-electron chi connectivity index (χ3n) is 2.18. The third-order valence-corrected chi connectivity index (χ3v) is 2.84. The molecule has 0 unspecified atom stereocenters. The van der Waals surface area contributed by atoms with Crippen LogP contribution in [0.15, 0.2) is 24.3 Å². The molecule has 1 heterocycles. The van der Waals surface area contributed by atoms with E-state index in [1.807, 2.05) is 31.2 Å². The van der Waals surface area contributed by atoms with Crippen LogP contribution in [0.4, 0.5) is 5.69 Å². The maximum atomic E-state index is 5.14. The maximum Gasteiger partial charge on any atom is 0.242 e. The Kier molecular flexibility index (Phi) is 3.60. The van der Waals surface area contributed by atoms with Gasteiger partial charge in [0.25, 0.3) is 0 Å². The number of hydrogen-bond donors (Lipinski definition) is 2. The Morgan fingerprint density at radius 3 is 3.00 bits per heavy atom. The number of aromatic nitrogens is 4. The van der Waals surface area contributed by atoms with Crippen LogP contribution in [-0.4, -0.2) is 25.2 Å². The zero-order valence-electron chi connectivity index (χ0n) is 9.17. The molecule has 1 aromatic carbocycles. The van der Waals surface area contributed by atoms with Crippen LogP contribution >= 0.6 is 24.4 Å². The lowest BCUT2D eigenvalue weighted by atomic mass is 10.2. The molecule has 1 aromatic heterocycles. The van der Waals surface area contributed by atoms with Gasteiger partial charge in [-0.3, -0.25) is 0 Å². The summed E-state index contributed by atoms with van der Waals surface area (Å²) >= 11 is 10.2. The Labute approximate surface area is 109 Å². The summed E-state index contributed by atoms with van der Waals surface area (Å²) in [7, 11) is 0. The highest BCUT2D eigenvalue weighted by Gasteiger charge is 2.01. The second kappa shape index (κ2) is 5.15. The first kappa shape index (κ1) is 11.9. The van der Waals surface area contributed by atoms with Crippen molar-refractivity contribution in [2.75, 3.05) is 5.32 Å². The van der Waals surface area contributed by atoms with Gasteiger partial charge in [0.1, 0.15) is 0 Å². The summed E-state index contributed by atoms with van der Waals surface area (Å²) in [6.07, 6.45) is 0.810.